The highest BCUT2D eigenvalue weighted by atomic mass is 19.1. The predicted octanol–water partition coefficient (Wildman–Crippen LogP) is 2.21. The summed E-state index contributed by atoms with van der Waals surface area (Å²) >= 11 is 0. The van der Waals surface area contributed by atoms with Gasteiger partial charge in [0.05, 0.1) is 26.4 Å². The summed E-state index contributed by atoms with van der Waals surface area (Å²) in [5.41, 5.74) is 4.86. The first-order valence-corrected chi connectivity index (χ1v) is 10.1. The number of hydrogen-bond donors (Lipinski definition) is 3. The maximum absolute atomic E-state index is 12.9. The third-order valence-electron chi connectivity index (χ3n) is 4.00. The molecule has 0 saturated carbocycles. The zero-order valence-electron chi connectivity index (χ0n) is 18.1. The number of amides is 3. The molecule has 0 bridgehead atoms. The SMILES string of the molecule is CCOc1cc(C(=O)NNC(=O)CNC(=O)c2ccc(F)cc2)cc(OCC)c1OCC. The Bertz CT molecular complexity index is 922. The van der Waals surface area contributed by atoms with Crippen molar-refractivity contribution in [2.45, 2.75) is 20.8 Å². The number of rotatable bonds is 10. The molecule has 0 aliphatic carbocycles. The molecular formula is C22H26FN3O6. The quantitative estimate of drug-likeness (QED) is 0.481. The van der Waals surface area contributed by atoms with Gasteiger partial charge in [0.2, 0.25) is 5.75 Å². The summed E-state index contributed by atoms with van der Waals surface area (Å²) in [6.45, 7) is 6.09. The first-order chi connectivity index (χ1) is 15.4. The molecule has 0 fully saturated rings. The van der Waals surface area contributed by atoms with E-state index in [1.807, 2.05) is 6.92 Å². The minimum absolute atomic E-state index is 0.177. The normalized spacial score (nSPS) is 10.1. The first kappa shape index (κ1) is 24.4. The lowest BCUT2D eigenvalue weighted by molar-refractivity contribution is -0.120. The van der Waals surface area contributed by atoms with Crippen molar-refractivity contribution >= 4 is 17.7 Å². The van der Waals surface area contributed by atoms with E-state index in [0.717, 1.165) is 12.1 Å². The van der Waals surface area contributed by atoms with Crippen LogP contribution in [0.3, 0.4) is 0 Å². The summed E-state index contributed by atoms with van der Waals surface area (Å²) in [4.78, 5) is 36.5. The largest absolute Gasteiger partial charge is 0.490 e. The Morgan fingerprint density at radius 2 is 1.34 bits per heavy atom. The monoisotopic (exact) mass is 447 g/mol. The molecule has 0 atom stereocenters. The summed E-state index contributed by atoms with van der Waals surface area (Å²) < 4.78 is 29.6. The Morgan fingerprint density at radius 1 is 0.781 bits per heavy atom. The van der Waals surface area contributed by atoms with Gasteiger partial charge in [0.1, 0.15) is 5.82 Å². The van der Waals surface area contributed by atoms with Crippen molar-refractivity contribution in [1.82, 2.24) is 16.2 Å². The van der Waals surface area contributed by atoms with Crippen LogP contribution in [0.5, 0.6) is 17.2 Å². The molecule has 2 aromatic rings. The van der Waals surface area contributed by atoms with Crippen molar-refractivity contribution in [3.8, 4) is 17.2 Å². The summed E-state index contributed by atoms with van der Waals surface area (Å²) in [5, 5.41) is 2.37. The van der Waals surface area contributed by atoms with E-state index in [1.54, 1.807) is 13.8 Å². The standard InChI is InChI=1S/C22H26FN3O6/c1-4-30-17-11-15(12-18(31-5-2)20(17)32-6-3)22(29)26-25-19(27)13-24-21(28)14-7-9-16(23)10-8-14/h7-12H,4-6,13H2,1-3H3,(H,24,28)(H,25,27)(H,26,29). The number of ether oxygens (including phenoxy) is 3. The maximum atomic E-state index is 12.9. The van der Waals surface area contributed by atoms with Crippen molar-refractivity contribution in [1.29, 1.82) is 0 Å². The lowest BCUT2D eigenvalue weighted by Gasteiger charge is -2.17. The summed E-state index contributed by atoms with van der Waals surface area (Å²) in [7, 11) is 0. The summed E-state index contributed by atoms with van der Waals surface area (Å²) in [6, 6.07) is 7.83. The van der Waals surface area contributed by atoms with Gasteiger partial charge >= 0.3 is 0 Å². The van der Waals surface area contributed by atoms with Crippen LogP contribution in [0.2, 0.25) is 0 Å². The van der Waals surface area contributed by atoms with Crippen LogP contribution >= 0.6 is 0 Å². The van der Waals surface area contributed by atoms with Crippen LogP contribution in [0.1, 0.15) is 41.5 Å². The van der Waals surface area contributed by atoms with E-state index in [-0.39, 0.29) is 11.1 Å². The Balaban J connectivity index is 1.99. The van der Waals surface area contributed by atoms with Crippen LogP contribution in [0.25, 0.3) is 0 Å². The second kappa shape index (κ2) is 12.1. The topological polar surface area (TPSA) is 115 Å². The summed E-state index contributed by atoms with van der Waals surface area (Å²) in [6.07, 6.45) is 0. The molecule has 32 heavy (non-hydrogen) atoms. The second-order valence-corrected chi connectivity index (χ2v) is 6.29. The van der Waals surface area contributed by atoms with Crippen molar-refractivity contribution in [3.63, 3.8) is 0 Å². The van der Waals surface area contributed by atoms with E-state index in [1.165, 1.54) is 24.3 Å². The van der Waals surface area contributed by atoms with Gasteiger partial charge in [-0.05, 0) is 57.2 Å². The molecule has 0 aliphatic rings. The molecule has 0 spiro atoms. The Labute approximate surface area is 185 Å². The number of carbonyl (C=O) groups is 3. The molecule has 3 N–H and O–H groups in total. The fourth-order valence-corrected chi connectivity index (χ4v) is 2.63. The van der Waals surface area contributed by atoms with Crippen LogP contribution in [-0.4, -0.2) is 44.1 Å². The first-order valence-electron chi connectivity index (χ1n) is 10.1. The van der Waals surface area contributed by atoms with Crippen molar-refractivity contribution in [2.24, 2.45) is 0 Å². The van der Waals surface area contributed by atoms with Crippen LogP contribution < -0.4 is 30.4 Å². The molecule has 2 rings (SSSR count). The Morgan fingerprint density at radius 3 is 1.88 bits per heavy atom. The number of hydrazine groups is 1. The molecule has 0 aliphatic heterocycles. The zero-order chi connectivity index (χ0) is 23.5. The van der Waals surface area contributed by atoms with Gasteiger partial charge in [0, 0.05) is 11.1 Å². The zero-order valence-corrected chi connectivity index (χ0v) is 18.1. The number of hydrogen-bond acceptors (Lipinski definition) is 6. The van der Waals surface area contributed by atoms with Gasteiger partial charge in [-0.3, -0.25) is 25.2 Å². The molecule has 172 valence electrons. The number of benzene rings is 2. The van der Waals surface area contributed by atoms with Crippen LogP contribution in [0.4, 0.5) is 4.39 Å². The fourth-order valence-electron chi connectivity index (χ4n) is 2.63. The molecule has 0 aromatic heterocycles. The summed E-state index contributed by atoms with van der Waals surface area (Å²) in [5.74, 6) is -1.24. The minimum atomic E-state index is -0.658. The smallest absolute Gasteiger partial charge is 0.269 e. The molecule has 10 heteroatoms. The average molecular weight is 447 g/mol. The molecule has 0 heterocycles. The van der Waals surface area contributed by atoms with E-state index < -0.39 is 30.1 Å². The number of halogens is 1. The fraction of sp³-hybridized carbons (Fsp3) is 0.318. The molecule has 0 radical (unpaired) electrons. The molecule has 2 aromatic carbocycles. The van der Waals surface area contributed by atoms with E-state index in [2.05, 4.69) is 16.2 Å². The third-order valence-corrected chi connectivity index (χ3v) is 4.00. The highest BCUT2D eigenvalue weighted by Gasteiger charge is 2.19. The molecular weight excluding hydrogens is 421 g/mol. The van der Waals surface area contributed by atoms with Gasteiger partial charge in [0.15, 0.2) is 11.5 Å². The lowest BCUT2D eigenvalue weighted by atomic mass is 10.1. The highest BCUT2D eigenvalue weighted by Crippen LogP contribution is 2.39. The van der Waals surface area contributed by atoms with E-state index in [4.69, 9.17) is 14.2 Å². The highest BCUT2D eigenvalue weighted by molar-refractivity contribution is 5.98. The average Bonchev–Trinajstić information content (AvgIpc) is 2.78. The van der Waals surface area contributed by atoms with Crippen molar-refractivity contribution in [3.05, 3.63) is 53.3 Å². The molecule has 0 saturated heterocycles. The Hall–Kier alpha value is -3.82. The second-order valence-electron chi connectivity index (χ2n) is 6.29. The van der Waals surface area contributed by atoms with Gasteiger partial charge < -0.3 is 19.5 Å². The minimum Gasteiger partial charge on any atom is -0.490 e. The lowest BCUT2D eigenvalue weighted by Crippen LogP contribution is -2.46. The number of carbonyl (C=O) groups excluding carboxylic acids is 3. The van der Waals surface area contributed by atoms with Crippen molar-refractivity contribution < 1.29 is 33.0 Å². The molecule has 0 unspecified atom stereocenters. The van der Waals surface area contributed by atoms with E-state index in [0.29, 0.717) is 37.1 Å². The molecule has 3 amide bonds. The number of nitrogens with one attached hydrogen (secondary N) is 3. The maximum Gasteiger partial charge on any atom is 0.269 e. The van der Waals surface area contributed by atoms with Gasteiger partial charge in [-0.2, -0.15) is 0 Å². The third kappa shape index (κ3) is 6.86. The van der Waals surface area contributed by atoms with Crippen LogP contribution in [-0.2, 0) is 4.79 Å². The van der Waals surface area contributed by atoms with Gasteiger partial charge in [-0.1, -0.05) is 0 Å². The van der Waals surface area contributed by atoms with Crippen LogP contribution in [0, 0.1) is 5.82 Å². The Kier molecular flexibility index (Phi) is 9.27. The van der Waals surface area contributed by atoms with Gasteiger partial charge in [0.25, 0.3) is 17.7 Å². The van der Waals surface area contributed by atoms with Crippen LogP contribution in [0.15, 0.2) is 36.4 Å². The van der Waals surface area contributed by atoms with E-state index >= 15 is 0 Å². The van der Waals surface area contributed by atoms with Gasteiger partial charge in [-0.25, -0.2) is 4.39 Å². The molecule has 9 nitrogen and oxygen atoms in total. The van der Waals surface area contributed by atoms with Gasteiger partial charge in [-0.15, -0.1) is 0 Å². The predicted molar refractivity (Wildman–Crippen MR) is 114 cm³/mol. The van der Waals surface area contributed by atoms with E-state index in [9.17, 15) is 18.8 Å². The van der Waals surface area contributed by atoms with Crippen molar-refractivity contribution in [2.75, 3.05) is 26.4 Å².